The Balaban J connectivity index is 1.96. The van der Waals surface area contributed by atoms with Gasteiger partial charge in [0.2, 0.25) is 5.91 Å². The van der Waals surface area contributed by atoms with E-state index >= 15 is 0 Å². The summed E-state index contributed by atoms with van der Waals surface area (Å²) in [5, 5.41) is 5.96. The molecule has 24 heavy (non-hydrogen) atoms. The third-order valence-electron chi connectivity index (χ3n) is 3.85. The molecule has 1 aromatic rings. The molecule has 0 saturated carbocycles. The van der Waals surface area contributed by atoms with Gasteiger partial charge in [0, 0.05) is 39.3 Å². The van der Waals surface area contributed by atoms with E-state index < -0.39 is 0 Å². The van der Waals surface area contributed by atoms with Crippen LogP contribution in [-0.4, -0.2) is 62.6 Å². The number of halogens is 1. The first kappa shape index (κ1) is 18.0. The zero-order chi connectivity index (χ0) is 17.4. The maximum absolute atomic E-state index is 13.9. The summed E-state index contributed by atoms with van der Waals surface area (Å²) in [6.45, 7) is 8.23. The average Bonchev–Trinajstić information content (AvgIpc) is 2.59. The first-order valence-corrected chi connectivity index (χ1v) is 8.45. The summed E-state index contributed by atoms with van der Waals surface area (Å²) in [7, 11) is 0. The van der Waals surface area contributed by atoms with Crippen molar-refractivity contribution in [1.82, 2.24) is 15.5 Å². The average molecular weight is 335 g/mol. The number of nitrogens with one attached hydrogen (secondary N) is 2. The van der Waals surface area contributed by atoms with E-state index in [1.54, 1.807) is 12.1 Å². The maximum atomic E-state index is 13.9. The van der Waals surface area contributed by atoms with Crippen LogP contribution >= 0.6 is 0 Å². The Bertz CT molecular complexity index is 570. The molecule has 132 valence electrons. The molecular weight excluding hydrogens is 309 g/mol. The van der Waals surface area contributed by atoms with Gasteiger partial charge >= 0.3 is 0 Å². The van der Waals surface area contributed by atoms with Gasteiger partial charge in [-0.05, 0) is 26.0 Å². The molecule has 1 amide bonds. The second-order valence-electron chi connectivity index (χ2n) is 5.55. The number of guanidine groups is 1. The van der Waals surface area contributed by atoms with Gasteiger partial charge in [-0.3, -0.25) is 4.79 Å². The Kier molecular flexibility index (Phi) is 6.84. The number of carbonyl (C=O) groups excluding carboxylic acids is 1. The number of likely N-dealkylation sites (N-methyl/N-ethyl adjacent to an activating group) is 1. The van der Waals surface area contributed by atoms with Crippen LogP contribution in [0.5, 0.6) is 0 Å². The first-order chi connectivity index (χ1) is 11.7. The molecule has 2 N–H and O–H groups in total. The lowest BCUT2D eigenvalue weighted by Crippen LogP contribution is -2.53. The molecule has 7 heteroatoms. The van der Waals surface area contributed by atoms with Crippen LogP contribution in [0.15, 0.2) is 29.3 Å². The highest BCUT2D eigenvalue weighted by Crippen LogP contribution is 2.20. The molecule has 0 atom stereocenters. The van der Waals surface area contributed by atoms with Gasteiger partial charge in [-0.2, -0.15) is 0 Å². The molecule has 1 aliphatic heterocycles. The van der Waals surface area contributed by atoms with E-state index in [1.165, 1.54) is 6.07 Å². The van der Waals surface area contributed by atoms with E-state index in [0.29, 0.717) is 25.3 Å². The van der Waals surface area contributed by atoms with Gasteiger partial charge in [-0.25, -0.2) is 9.38 Å². The minimum absolute atomic E-state index is 0.0853. The number of benzene rings is 1. The van der Waals surface area contributed by atoms with Crippen LogP contribution in [-0.2, 0) is 4.79 Å². The summed E-state index contributed by atoms with van der Waals surface area (Å²) in [6, 6.07) is 6.84. The second kappa shape index (κ2) is 9.10. The normalized spacial score (nSPS) is 15.4. The molecule has 0 spiro atoms. The fraction of sp³-hybridized carbons (Fsp3) is 0.529. The summed E-state index contributed by atoms with van der Waals surface area (Å²) in [6.07, 6.45) is 0. The quantitative estimate of drug-likeness (QED) is 0.624. The minimum Gasteiger partial charge on any atom is -0.366 e. The smallest absolute Gasteiger partial charge is 0.241 e. The second-order valence-corrected chi connectivity index (χ2v) is 5.55. The summed E-state index contributed by atoms with van der Waals surface area (Å²) in [5.74, 6) is 0.456. The molecule has 1 aromatic carbocycles. The van der Waals surface area contributed by atoms with Crippen LogP contribution in [0.2, 0.25) is 0 Å². The highest BCUT2D eigenvalue weighted by atomic mass is 19.1. The number of amides is 1. The summed E-state index contributed by atoms with van der Waals surface area (Å²) >= 11 is 0. The third kappa shape index (κ3) is 4.84. The number of nitrogens with zero attached hydrogens (tertiary/aromatic N) is 3. The first-order valence-electron chi connectivity index (χ1n) is 8.45. The van der Waals surface area contributed by atoms with E-state index in [0.717, 1.165) is 25.6 Å². The molecule has 2 rings (SSSR count). The number of piperazine rings is 1. The van der Waals surface area contributed by atoms with Crippen LogP contribution in [0, 0.1) is 5.82 Å². The predicted octanol–water partition coefficient (Wildman–Crippen LogP) is 1.05. The van der Waals surface area contributed by atoms with Gasteiger partial charge < -0.3 is 20.4 Å². The molecule has 0 aromatic heterocycles. The largest absolute Gasteiger partial charge is 0.366 e. The van der Waals surface area contributed by atoms with Crippen molar-refractivity contribution in [1.29, 1.82) is 0 Å². The lowest BCUT2D eigenvalue weighted by molar-refractivity contribution is -0.119. The molecule has 0 unspecified atom stereocenters. The van der Waals surface area contributed by atoms with Crippen LogP contribution in [0.25, 0.3) is 0 Å². The standard InChI is InChI=1S/C17H26FN5O/c1-3-19-16(24)13-21-17(20-4-2)23-11-9-22(10-12-23)15-8-6-5-7-14(15)18/h5-8H,3-4,9-13H2,1-2H3,(H,19,24)(H,20,21). The molecule has 1 saturated heterocycles. The number of para-hydroxylation sites is 1. The van der Waals surface area contributed by atoms with Crippen molar-refractivity contribution in [3.05, 3.63) is 30.1 Å². The summed E-state index contributed by atoms with van der Waals surface area (Å²) in [4.78, 5) is 20.1. The minimum atomic E-state index is -0.192. The molecular formula is C17H26FN5O. The van der Waals surface area contributed by atoms with Crippen molar-refractivity contribution >= 4 is 17.6 Å². The van der Waals surface area contributed by atoms with E-state index in [-0.39, 0.29) is 18.3 Å². The molecule has 1 aliphatic rings. The lowest BCUT2D eigenvalue weighted by atomic mass is 10.2. The topological polar surface area (TPSA) is 60.0 Å². The highest BCUT2D eigenvalue weighted by Gasteiger charge is 2.21. The Morgan fingerprint density at radius 2 is 1.79 bits per heavy atom. The van der Waals surface area contributed by atoms with Crippen molar-refractivity contribution in [2.75, 3.05) is 50.7 Å². The van der Waals surface area contributed by atoms with Crippen molar-refractivity contribution in [2.24, 2.45) is 4.99 Å². The van der Waals surface area contributed by atoms with Gasteiger partial charge in [-0.15, -0.1) is 0 Å². The lowest BCUT2D eigenvalue weighted by Gasteiger charge is -2.37. The number of rotatable bonds is 5. The third-order valence-corrected chi connectivity index (χ3v) is 3.85. The predicted molar refractivity (Wildman–Crippen MR) is 94.8 cm³/mol. The van der Waals surface area contributed by atoms with Gasteiger partial charge in [0.1, 0.15) is 12.4 Å². The van der Waals surface area contributed by atoms with Gasteiger partial charge in [-0.1, -0.05) is 12.1 Å². The molecule has 6 nitrogen and oxygen atoms in total. The Morgan fingerprint density at radius 1 is 1.12 bits per heavy atom. The molecule has 1 heterocycles. The number of aliphatic imine (C=N–C) groups is 1. The van der Waals surface area contributed by atoms with E-state index in [4.69, 9.17) is 0 Å². The van der Waals surface area contributed by atoms with E-state index in [2.05, 4.69) is 20.5 Å². The Hall–Kier alpha value is -2.31. The molecule has 0 aliphatic carbocycles. The SMILES string of the molecule is CCNC(=O)CN=C(NCC)N1CCN(c2ccccc2F)CC1. The monoisotopic (exact) mass is 335 g/mol. The van der Waals surface area contributed by atoms with Crippen LogP contribution in [0.4, 0.5) is 10.1 Å². The fourth-order valence-electron chi connectivity index (χ4n) is 2.69. The van der Waals surface area contributed by atoms with Gasteiger partial charge in [0.25, 0.3) is 0 Å². The van der Waals surface area contributed by atoms with Crippen LogP contribution < -0.4 is 15.5 Å². The van der Waals surface area contributed by atoms with Crippen molar-refractivity contribution < 1.29 is 9.18 Å². The van der Waals surface area contributed by atoms with Crippen molar-refractivity contribution in [3.63, 3.8) is 0 Å². The molecule has 0 bridgehead atoms. The highest BCUT2D eigenvalue weighted by molar-refractivity contribution is 5.85. The molecule has 1 fully saturated rings. The number of hydrogen-bond donors (Lipinski definition) is 2. The van der Waals surface area contributed by atoms with Crippen molar-refractivity contribution in [3.8, 4) is 0 Å². The Labute approximate surface area is 142 Å². The van der Waals surface area contributed by atoms with Crippen LogP contribution in [0.3, 0.4) is 0 Å². The fourth-order valence-corrected chi connectivity index (χ4v) is 2.69. The van der Waals surface area contributed by atoms with Crippen molar-refractivity contribution in [2.45, 2.75) is 13.8 Å². The molecule has 0 radical (unpaired) electrons. The summed E-state index contributed by atoms with van der Waals surface area (Å²) < 4.78 is 13.9. The number of anilines is 1. The maximum Gasteiger partial charge on any atom is 0.241 e. The van der Waals surface area contributed by atoms with Gasteiger partial charge in [0.05, 0.1) is 5.69 Å². The zero-order valence-electron chi connectivity index (χ0n) is 14.4. The van der Waals surface area contributed by atoms with Crippen LogP contribution in [0.1, 0.15) is 13.8 Å². The Morgan fingerprint density at radius 3 is 2.42 bits per heavy atom. The van der Waals surface area contributed by atoms with E-state index in [9.17, 15) is 9.18 Å². The number of carbonyl (C=O) groups is 1. The summed E-state index contributed by atoms with van der Waals surface area (Å²) in [5.41, 5.74) is 0.640. The van der Waals surface area contributed by atoms with E-state index in [1.807, 2.05) is 24.8 Å². The number of hydrogen-bond acceptors (Lipinski definition) is 3. The zero-order valence-corrected chi connectivity index (χ0v) is 14.4. The van der Waals surface area contributed by atoms with Gasteiger partial charge in [0.15, 0.2) is 5.96 Å².